The summed E-state index contributed by atoms with van der Waals surface area (Å²) in [5.74, 6) is -0.219. The van der Waals surface area contributed by atoms with Gasteiger partial charge in [0.05, 0.1) is 12.3 Å². The van der Waals surface area contributed by atoms with Gasteiger partial charge in [-0.25, -0.2) is 17.2 Å². The first kappa shape index (κ1) is 15.9. The molecule has 0 spiro atoms. The van der Waals surface area contributed by atoms with Gasteiger partial charge in [0.2, 0.25) is 10.0 Å². The van der Waals surface area contributed by atoms with E-state index in [0.29, 0.717) is 0 Å². The molecule has 0 atom stereocenters. The van der Waals surface area contributed by atoms with Crippen LogP contribution in [0.1, 0.15) is 5.56 Å². The number of rotatable bonds is 8. The Kier molecular flexibility index (Phi) is 6.26. The Morgan fingerprint density at radius 3 is 2.47 bits per heavy atom. The maximum atomic E-state index is 12.3. The van der Waals surface area contributed by atoms with Crippen LogP contribution in [0.5, 0.6) is 0 Å². The molecule has 0 aliphatic carbocycles. The van der Waals surface area contributed by atoms with Gasteiger partial charge in [0.25, 0.3) is 6.43 Å². The Labute approximate surface area is 111 Å². The van der Waals surface area contributed by atoms with E-state index in [1.807, 2.05) is 0 Å². The molecule has 8 heteroatoms. The van der Waals surface area contributed by atoms with Gasteiger partial charge in [0.1, 0.15) is 0 Å². The van der Waals surface area contributed by atoms with Crippen LogP contribution in [0.4, 0.5) is 8.78 Å². The van der Waals surface area contributed by atoms with E-state index in [2.05, 4.69) is 4.98 Å². The van der Waals surface area contributed by atoms with Crippen molar-refractivity contribution >= 4 is 10.0 Å². The van der Waals surface area contributed by atoms with Gasteiger partial charge in [-0.1, -0.05) is 0 Å². The van der Waals surface area contributed by atoms with Crippen LogP contribution in [-0.4, -0.2) is 49.5 Å². The number of pyridine rings is 1. The SMILES string of the molecule is NCCN(CC(F)F)S(=O)(=O)CCc1ccncc1. The molecule has 0 fully saturated rings. The first-order chi connectivity index (χ1) is 8.95. The molecule has 0 radical (unpaired) electrons. The number of halogens is 2. The van der Waals surface area contributed by atoms with Gasteiger partial charge in [-0.15, -0.1) is 0 Å². The zero-order chi connectivity index (χ0) is 14.3. The molecule has 0 bridgehead atoms. The Hall–Kier alpha value is -1.12. The number of sulfonamides is 1. The third-order valence-electron chi connectivity index (χ3n) is 2.51. The molecular weight excluding hydrogens is 276 g/mol. The Morgan fingerprint density at radius 1 is 1.32 bits per heavy atom. The van der Waals surface area contributed by atoms with Gasteiger partial charge < -0.3 is 5.73 Å². The van der Waals surface area contributed by atoms with E-state index in [0.717, 1.165) is 9.87 Å². The number of alkyl halides is 2. The molecule has 0 aliphatic rings. The lowest BCUT2D eigenvalue weighted by Gasteiger charge is -2.21. The van der Waals surface area contributed by atoms with Crippen molar-refractivity contribution in [2.45, 2.75) is 12.8 Å². The Morgan fingerprint density at radius 2 is 1.95 bits per heavy atom. The van der Waals surface area contributed by atoms with Gasteiger partial charge in [0, 0.05) is 25.5 Å². The molecule has 2 N–H and O–H groups in total. The van der Waals surface area contributed by atoms with Crippen molar-refractivity contribution in [1.82, 2.24) is 9.29 Å². The number of hydrogen-bond donors (Lipinski definition) is 1. The second-order valence-electron chi connectivity index (χ2n) is 3.96. The lowest BCUT2D eigenvalue weighted by atomic mass is 10.2. The highest BCUT2D eigenvalue weighted by atomic mass is 32.2. The molecule has 1 heterocycles. The summed E-state index contributed by atoms with van der Waals surface area (Å²) in [6.07, 6.45) is 0.661. The normalized spacial score (nSPS) is 12.3. The Bertz CT molecular complexity index is 468. The monoisotopic (exact) mass is 293 g/mol. The van der Waals surface area contributed by atoms with Crippen LogP contribution < -0.4 is 5.73 Å². The quantitative estimate of drug-likeness (QED) is 0.756. The molecule has 0 saturated heterocycles. The molecule has 1 aromatic rings. The van der Waals surface area contributed by atoms with Crippen LogP contribution in [-0.2, 0) is 16.4 Å². The van der Waals surface area contributed by atoms with Crippen LogP contribution >= 0.6 is 0 Å². The predicted octanol–water partition coefficient (Wildman–Crippen LogP) is 0.480. The van der Waals surface area contributed by atoms with Crippen molar-refractivity contribution < 1.29 is 17.2 Å². The molecule has 5 nitrogen and oxygen atoms in total. The van der Waals surface area contributed by atoms with Crippen LogP contribution in [0.2, 0.25) is 0 Å². The fourth-order valence-electron chi connectivity index (χ4n) is 1.57. The lowest BCUT2D eigenvalue weighted by Crippen LogP contribution is -2.40. The van der Waals surface area contributed by atoms with E-state index >= 15 is 0 Å². The number of nitrogens with zero attached hydrogens (tertiary/aromatic N) is 2. The summed E-state index contributed by atoms with van der Waals surface area (Å²) >= 11 is 0. The van der Waals surface area contributed by atoms with Crippen molar-refractivity contribution in [3.05, 3.63) is 30.1 Å². The van der Waals surface area contributed by atoms with Gasteiger partial charge >= 0.3 is 0 Å². The van der Waals surface area contributed by atoms with Crippen LogP contribution in [0.25, 0.3) is 0 Å². The van der Waals surface area contributed by atoms with Crippen LogP contribution in [0.15, 0.2) is 24.5 Å². The summed E-state index contributed by atoms with van der Waals surface area (Å²) in [5.41, 5.74) is 6.04. The first-order valence-corrected chi connectivity index (χ1v) is 7.41. The maximum absolute atomic E-state index is 12.3. The topological polar surface area (TPSA) is 76.3 Å². The average Bonchev–Trinajstić information content (AvgIpc) is 2.37. The van der Waals surface area contributed by atoms with Crippen molar-refractivity contribution in [3.8, 4) is 0 Å². The van der Waals surface area contributed by atoms with E-state index in [1.165, 1.54) is 0 Å². The maximum Gasteiger partial charge on any atom is 0.252 e. The number of aromatic nitrogens is 1. The lowest BCUT2D eigenvalue weighted by molar-refractivity contribution is 0.120. The van der Waals surface area contributed by atoms with E-state index in [4.69, 9.17) is 5.73 Å². The third-order valence-corrected chi connectivity index (χ3v) is 4.35. The first-order valence-electron chi connectivity index (χ1n) is 5.80. The van der Waals surface area contributed by atoms with Gasteiger partial charge in [-0.2, -0.15) is 4.31 Å². The standard InChI is InChI=1S/C11H17F2N3O2S/c12-11(13)9-16(7-4-14)19(17,18)8-3-10-1-5-15-6-2-10/h1-2,5-6,11H,3-4,7-9,14H2. The predicted molar refractivity (Wildman–Crippen MR) is 68.4 cm³/mol. The van der Waals surface area contributed by atoms with E-state index in [1.54, 1.807) is 24.5 Å². The van der Waals surface area contributed by atoms with Gasteiger partial charge in [-0.05, 0) is 24.1 Å². The summed E-state index contributed by atoms with van der Waals surface area (Å²) in [5, 5.41) is 0. The second-order valence-corrected chi connectivity index (χ2v) is 6.05. The largest absolute Gasteiger partial charge is 0.329 e. The average molecular weight is 293 g/mol. The zero-order valence-corrected chi connectivity index (χ0v) is 11.2. The van der Waals surface area contributed by atoms with Crippen molar-refractivity contribution in [2.24, 2.45) is 5.73 Å². The number of aryl methyl sites for hydroxylation is 1. The van der Waals surface area contributed by atoms with Crippen molar-refractivity contribution in [3.63, 3.8) is 0 Å². The van der Waals surface area contributed by atoms with E-state index < -0.39 is 23.0 Å². The molecule has 0 aromatic carbocycles. The highest BCUT2D eigenvalue weighted by Gasteiger charge is 2.24. The van der Waals surface area contributed by atoms with Crippen LogP contribution in [0.3, 0.4) is 0 Å². The summed E-state index contributed by atoms with van der Waals surface area (Å²) in [7, 11) is -3.72. The number of hydrogen-bond acceptors (Lipinski definition) is 4. The van der Waals surface area contributed by atoms with Crippen LogP contribution in [0, 0.1) is 0 Å². The smallest absolute Gasteiger partial charge is 0.252 e. The molecule has 0 amide bonds. The molecule has 1 aromatic heterocycles. The molecule has 0 saturated carbocycles. The fraction of sp³-hybridized carbons (Fsp3) is 0.545. The minimum atomic E-state index is -3.72. The van der Waals surface area contributed by atoms with Gasteiger partial charge in [-0.3, -0.25) is 4.98 Å². The van der Waals surface area contributed by atoms with E-state index in [9.17, 15) is 17.2 Å². The fourth-order valence-corrected chi connectivity index (χ4v) is 3.04. The molecule has 0 unspecified atom stereocenters. The van der Waals surface area contributed by atoms with E-state index in [-0.39, 0.29) is 25.3 Å². The highest BCUT2D eigenvalue weighted by Crippen LogP contribution is 2.08. The molecule has 0 aliphatic heterocycles. The zero-order valence-electron chi connectivity index (χ0n) is 10.4. The second kappa shape index (κ2) is 7.46. The summed E-state index contributed by atoms with van der Waals surface area (Å²) in [6.45, 7) is -0.889. The summed E-state index contributed by atoms with van der Waals surface area (Å²) < 4.78 is 49.3. The minimum Gasteiger partial charge on any atom is -0.329 e. The van der Waals surface area contributed by atoms with Crippen molar-refractivity contribution in [1.29, 1.82) is 0 Å². The minimum absolute atomic E-state index is 0.0151. The third kappa shape index (κ3) is 5.58. The Balaban J connectivity index is 2.66. The highest BCUT2D eigenvalue weighted by molar-refractivity contribution is 7.89. The number of nitrogens with two attached hydrogens (primary N) is 1. The summed E-state index contributed by atoms with van der Waals surface area (Å²) in [4.78, 5) is 3.82. The van der Waals surface area contributed by atoms with Crippen molar-refractivity contribution in [2.75, 3.05) is 25.4 Å². The summed E-state index contributed by atoms with van der Waals surface area (Å²) in [6, 6.07) is 3.38. The van der Waals surface area contributed by atoms with Gasteiger partial charge in [0.15, 0.2) is 0 Å². The molecular formula is C11H17F2N3O2S. The molecule has 108 valence electrons. The molecule has 19 heavy (non-hydrogen) atoms. The molecule has 1 rings (SSSR count).